The first kappa shape index (κ1) is 23.0. The topological polar surface area (TPSA) is 66.8 Å². The van der Waals surface area contributed by atoms with Gasteiger partial charge in [0, 0.05) is 5.56 Å². The second-order valence-electron chi connectivity index (χ2n) is 7.96. The van der Waals surface area contributed by atoms with E-state index in [0.29, 0.717) is 12.2 Å². The van der Waals surface area contributed by atoms with Gasteiger partial charge in [-0.2, -0.15) is 0 Å². The fourth-order valence-electron chi connectivity index (χ4n) is 4.06. The number of aryl methyl sites for hydroxylation is 1. The van der Waals surface area contributed by atoms with Crippen LogP contribution >= 0.6 is 0 Å². The Kier molecular flexibility index (Phi) is 7.21. The van der Waals surface area contributed by atoms with Crippen LogP contribution in [0.1, 0.15) is 27.0 Å². The Morgan fingerprint density at radius 2 is 1.29 bits per heavy atom. The monoisotopic (exact) mass is 450 g/mol. The second kappa shape index (κ2) is 10.6. The summed E-state index contributed by atoms with van der Waals surface area (Å²) in [6, 6.07) is 32.9. The standard InChI is InChI=1S/C23H20O2.C7H6O2/c1-16-19-9-2-4-11-21(19)23(22-12-5-3-10-20(16)22)15-25-18-8-6-7-17(13-18)14-24;8-7(9)6-4-2-1-3-5-6/h2-13,24H,14-15H2,1H3;1-5H,(H,8,9). The molecule has 5 aromatic carbocycles. The Hall–Kier alpha value is -4.15. The molecule has 0 aliphatic carbocycles. The number of aliphatic hydroxyl groups excluding tert-OH is 1. The molecule has 4 nitrogen and oxygen atoms in total. The molecule has 0 saturated carbocycles. The maximum Gasteiger partial charge on any atom is 0.335 e. The average molecular weight is 451 g/mol. The van der Waals surface area contributed by atoms with Crippen molar-refractivity contribution in [2.24, 2.45) is 0 Å². The third-order valence-corrected chi connectivity index (χ3v) is 5.80. The highest BCUT2D eigenvalue weighted by Crippen LogP contribution is 2.33. The molecule has 0 unspecified atom stereocenters. The molecule has 0 saturated heterocycles. The van der Waals surface area contributed by atoms with Crippen LogP contribution in [-0.4, -0.2) is 16.2 Å². The SMILES string of the molecule is Cc1c2ccccc2c(COc2cccc(CO)c2)c2ccccc12.O=C(O)c1ccccc1. The Bertz CT molecular complexity index is 1370. The number of ether oxygens (including phenoxy) is 1. The third kappa shape index (κ3) is 5.08. The summed E-state index contributed by atoms with van der Waals surface area (Å²) in [6.07, 6.45) is 0. The summed E-state index contributed by atoms with van der Waals surface area (Å²) in [6.45, 7) is 2.70. The smallest absolute Gasteiger partial charge is 0.335 e. The molecule has 0 radical (unpaired) electrons. The van der Waals surface area contributed by atoms with E-state index in [0.717, 1.165) is 11.3 Å². The Morgan fingerprint density at radius 1 is 0.735 bits per heavy atom. The third-order valence-electron chi connectivity index (χ3n) is 5.80. The Labute approximate surface area is 198 Å². The summed E-state index contributed by atoms with van der Waals surface area (Å²) in [5.74, 6) is -0.101. The van der Waals surface area contributed by atoms with E-state index < -0.39 is 5.97 Å². The highest BCUT2D eigenvalue weighted by atomic mass is 16.5. The Balaban J connectivity index is 0.000000257. The zero-order chi connectivity index (χ0) is 23.9. The molecule has 5 aromatic rings. The van der Waals surface area contributed by atoms with E-state index in [4.69, 9.17) is 9.84 Å². The number of hydrogen-bond acceptors (Lipinski definition) is 3. The minimum Gasteiger partial charge on any atom is -0.489 e. The molecule has 0 fully saturated rings. The summed E-state index contributed by atoms with van der Waals surface area (Å²) in [5.41, 5.74) is 3.69. The van der Waals surface area contributed by atoms with Crippen LogP contribution < -0.4 is 4.74 Å². The molecule has 0 aliphatic rings. The van der Waals surface area contributed by atoms with Crippen molar-refractivity contribution in [1.29, 1.82) is 0 Å². The van der Waals surface area contributed by atoms with E-state index in [2.05, 4.69) is 55.5 Å². The molecule has 0 amide bonds. The second-order valence-corrected chi connectivity index (χ2v) is 7.96. The molecule has 0 spiro atoms. The van der Waals surface area contributed by atoms with Crippen LogP contribution in [0.25, 0.3) is 21.5 Å². The van der Waals surface area contributed by atoms with Crippen molar-refractivity contribution in [3.63, 3.8) is 0 Å². The fourth-order valence-corrected chi connectivity index (χ4v) is 4.06. The van der Waals surface area contributed by atoms with Crippen LogP contribution in [0.2, 0.25) is 0 Å². The number of carbonyl (C=O) groups is 1. The van der Waals surface area contributed by atoms with Crippen molar-refractivity contribution in [3.8, 4) is 5.75 Å². The zero-order valence-electron chi connectivity index (χ0n) is 18.9. The highest BCUT2D eigenvalue weighted by Gasteiger charge is 2.11. The van der Waals surface area contributed by atoms with Gasteiger partial charge in [-0.15, -0.1) is 0 Å². The summed E-state index contributed by atoms with van der Waals surface area (Å²) in [4.78, 5) is 10.2. The molecule has 0 aliphatic heterocycles. The maximum absolute atomic E-state index is 10.2. The molecule has 0 atom stereocenters. The van der Waals surface area contributed by atoms with Crippen LogP contribution in [-0.2, 0) is 13.2 Å². The molecule has 4 heteroatoms. The number of rotatable bonds is 5. The normalized spacial score (nSPS) is 10.5. The van der Waals surface area contributed by atoms with Crippen LogP contribution in [0.5, 0.6) is 5.75 Å². The molecule has 0 aromatic heterocycles. The van der Waals surface area contributed by atoms with Gasteiger partial charge in [0.1, 0.15) is 12.4 Å². The van der Waals surface area contributed by atoms with Gasteiger partial charge in [-0.25, -0.2) is 4.79 Å². The predicted molar refractivity (Wildman–Crippen MR) is 136 cm³/mol. The van der Waals surface area contributed by atoms with Crippen molar-refractivity contribution in [3.05, 3.63) is 125 Å². The van der Waals surface area contributed by atoms with Crippen LogP contribution in [0.15, 0.2) is 103 Å². The van der Waals surface area contributed by atoms with Gasteiger partial charge in [0.25, 0.3) is 0 Å². The summed E-state index contributed by atoms with van der Waals surface area (Å²) < 4.78 is 6.08. The lowest BCUT2D eigenvalue weighted by Gasteiger charge is -2.15. The first-order chi connectivity index (χ1) is 16.6. The molecule has 34 heavy (non-hydrogen) atoms. The van der Waals surface area contributed by atoms with E-state index in [1.54, 1.807) is 30.3 Å². The minimum absolute atomic E-state index is 0.0214. The summed E-state index contributed by atoms with van der Waals surface area (Å²) in [7, 11) is 0. The molecule has 2 N–H and O–H groups in total. The number of benzene rings is 5. The highest BCUT2D eigenvalue weighted by molar-refractivity contribution is 6.05. The minimum atomic E-state index is -0.879. The van der Waals surface area contributed by atoms with Gasteiger partial charge >= 0.3 is 5.97 Å². The predicted octanol–water partition coefficient (Wildman–Crippen LogP) is 6.76. The van der Waals surface area contributed by atoms with Crippen molar-refractivity contribution in [2.45, 2.75) is 20.1 Å². The lowest BCUT2D eigenvalue weighted by Crippen LogP contribution is -1.99. The van der Waals surface area contributed by atoms with E-state index in [1.807, 2.05) is 24.3 Å². The van der Waals surface area contributed by atoms with Gasteiger partial charge in [0.05, 0.1) is 12.2 Å². The molecule has 0 bridgehead atoms. The lowest BCUT2D eigenvalue weighted by atomic mass is 9.93. The van der Waals surface area contributed by atoms with Crippen LogP contribution in [0, 0.1) is 6.92 Å². The molecule has 170 valence electrons. The van der Waals surface area contributed by atoms with E-state index in [9.17, 15) is 9.90 Å². The van der Waals surface area contributed by atoms with Crippen molar-refractivity contribution in [1.82, 2.24) is 0 Å². The van der Waals surface area contributed by atoms with Crippen molar-refractivity contribution < 1.29 is 19.7 Å². The molecular formula is C30H26O4. The van der Waals surface area contributed by atoms with Crippen LogP contribution in [0.4, 0.5) is 0 Å². The fraction of sp³-hybridized carbons (Fsp3) is 0.100. The largest absolute Gasteiger partial charge is 0.489 e. The number of carboxylic acid groups (broad SMARTS) is 1. The number of aromatic carboxylic acids is 1. The summed E-state index contributed by atoms with van der Waals surface area (Å²) in [5, 5.41) is 22.7. The number of aliphatic hydroxyl groups is 1. The lowest BCUT2D eigenvalue weighted by molar-refractivity contribution is 0.0697. The quantitative estimate of drug-likeness (QED) is 0.290. The van der Waals surface area contributed by atoms with Gasteiger partial charge in [-0.05, 0) is 63.9 Å². The Morgan fingerprint density at radius 3 is 1.82 bits per heavy atom. The van der Waals surface area contributed by atoms with Gasteiger partial charge in [0.15, 0.2) is 0 Å². The number of hydrogen-bond donors (Lipinski definition) is 2. The molecule has 0 heterocycles. The van der Waals surface area contributed by atoms with E-state index in [1.165, 1.54) is 32.7 Å². The first-order valence-corrected chi connectivity index (χ1v) is 11.1. The first-order valence-electron chi connectivity index (χ1n) is 11.1. The van der Waals surface area contributed by atoms with Crippen molar-refractivity contribution >= 4 is 27.5 Å². The van der Waals surface area contributed by atoms with Crippen LogP contribution in [0.3, 0.4) is 0 Å². The number of fused-ring (bicyclic) bond motifs is 2. The van der Waals surface area contributed by atoms with E-state index >= 15 is 0 Å². The number of carboxylic acids is 1. The van der Waals surface area contributed by atoms with Gasteiger partial charge in [-0.1, -0.05) is 78.9 Å². The zero-order valence-corrected chi connectivity index (χ0v) is 18.9. The maximum atomic E-state index is 10.2. The molecular weight excluding hydrogens is 424 g/mol. The van der Waals surface area contributed by atoms with Crippen molar-refractivity contribution in [2.75, 3.05) is 0 Å². The van der Waals surface area contributed by atoms with Gasteiger partial charge in [0.2, 0.25) is 0 Å². The van der Waals surface area contributed by atoms with Gasteiger partial charge in [-0.3, -0.25) is 0 Å². The average Bonchev–Trinajstić information content (AvgIpc) is 2.90. The summed E-state index contributed by atoms with van der Waals surface area (Å²) >= 11 is 0. The molecule has 5 rings (SSSR count). The van der Waals surface area contributed by atoms with Gasteiger partial charge < -0.3 is 14.9 Å². The van der Waals surface area contributed by atoms with E-state index in [-0.39, 0.29) is 6.61 Å².